The van der Waals surface area contributed by atoms with E-state index in [4.69, 9.17) is 5.10 Å². The van der Waals surface area contributed by atoms with Gasteiger partial charge in [-0.25, -0.2) is 9.99 Å². The van der Waals surface area contributed by atoms with Gasteiger partial charge >= 0.3 is 0 Å². The van der Waals surface area contributed by atoms with Crippen molar-refractivity contribution in [2.45, 2.75) is 17.6 Å². The molecular formula is C20H16N4OS3. The molecule has 0 unspecified atom stereocenters. The quantitative estimate of drug-likeness (QED) is 0.450. The lowest BCUT2D eigenvalue weighted by Gasteiger charge is -2.20. The zero-order valence-electron chi connectivity index (χ0n) is 14.7. The van der Waals surface area contributed by atoms with Gasteiger partial charge in [0.25, 0.3) is 5.91 Å². The molecule has 5 nitrogen and oxygen atoms in total. The summed E-state index contributed by atoms with van der Waals surface area (Å²) in [5, 5.41) is 11.2. The van der Waals surface area contributed by atoms with Crippen LogP contribution in [-0.4, -0.2) is 32.3 Å². The van der Waals surface area contributed by atoms with Crippen LogP contribution in [0.3, 0.4) is 0 Å². The van der Waals surface area contributed by atoms with E-state index in [2.05, 4.69) is 22.1 Å². The number of carbonyl (C=O) groups excluding carboxylic acids is 1. The van der Waals surface area contributed by atoms with Crippen LogP contribution in [0, 0.1) is 0 Å². The molecule has 140 valence electrons. The molecule has 1 aromatic carbocycles. The van der Waals surface area contributed by atoms with Gasteiger partial charge in [0, 0.05) is 11.3 Å². The number of nitrogens with zero attached hydrogens (tertiary/aromatic N) is 3. The number of hydrogen-bond donors (Lipinski definition) is 1. The van der Waals surface area contributed by atoms with Crippen LogP contribution in [0.15, 0.2) is 69.5 Å². The van der Waals surface area contributed by atoms with E-state index in [9.17, 15) is 4.79 Å². The second kappa shape index (κ2) is 7.54. The third-order valence-electron chi connectivity index (χ3n) is 4.54. The maximum atomic E-state index is 13.0. The van der Waals surface area contributed by atoms with Crippen LogP contribution in [0.1, 0.15) is 22.2 Å². The number of aromatic nitrogens is 2. The summed E-state index contributed by atoms with van der Waals surface area (Å²) in [5.74, 6) is 0.290. The molecule has 0 saturated carbocycles. The minimum absolute atomic E-state index is 0.00425. The summed E-state index contributed by atoms with van der Waals surface area (Å²) in [6.45, 7) is 0. The van der Waals surface area contributed by atoms with E-state index in [1.54, 1.807) is 27.7 Å². The van der Waals surface area contributed by atoms with Gasteiger partial charge in [0.2, 0.25) is 0 Å². The fourth-order valence-electron chi connectivity index (χ4n) is 3.23. The molecule has 0 saturated heterocycles. The second-order valence-electron chi connectivity index (χ2n) is 6.35. The number of amides is 1. The van der Waals surface area contributed by atoms with Crippen molar-refractivity contribution >= 4 is 57.1 Å². The number of rotatable bonds is 5. The number of nitrogens with one attached hydrogen (secondary N) is 1. The SMILES string of the molecule is O=C(CSc1nc2ccccc2[nH]1)N1N=C(c2cccs2)C[C@@H]1c1cccs1. The van der Waals surface area contributed by atoms with Crippen molar-refractivity contribution in [1.82, 2.24) is 15.0 Å². The number of aromatic amines is 1. The normalized spacial score (nSPS) is 16.6. The molecule has 0 fully saturated rings. The van der Waals surface area contributed by atoms with E-state index in [1.807, 2.05) is 47.2 Å². The predicted molar refractivity (Wildman–Crippen MR) is 116 cm³/mol. The highest BCUT2D eigenvalue weighted by Gasteiger charge is 2.34. The number of hydrogen-bond acceptors (Lipinski definition) is 6. The Balaban J connectivity index is 1.36. The summed E-state index contributed by atoms with van der Waals surface area (Å²) in [7, 11) is 0. The van der Waals surface area contributed by atoms with E-state index in [1.165, 1.54) is 11.8 Å². The highest BCUT2D eigenvalue weighted by atomic mass is 32.2. The Morgan fingerprint density at radius 1 is 1.14 bits per heavy atom. The first-order chi connectivity index (χ1) is 13.8. The molecule has 5 rings (SSSR count). The number of H-pyrrole nitrogens is 1. The molecule has 1 aliphatic heterocycles. The molecule has 3 aromatic heterocycles. The zero-order valence-corrected chi connectivity index (χ0v) is 17.2. The third-order valence-corrected chi connectivity index (χ3v) is 7.29. The van der Waals surface area contributed by atoms with E-state index in [0.29, 0.717) is 5.75 Å². The number of para-hydroxylation sites is 2. The Morgan fingerprint density at radius 3 is 2.79 bits per heavy atom. The maximum Gasteiger partial charge on any atom is 0.253 e. The average molecular weight is 425 g/mol. The van der Waals surface area contributed by atoms with Crippen molar-refractivity contribution in [1.29, 1.82) is 0 Å². The largest absolute Gasteiger partial charge is 0.333 e. The van der Waals surface area contributed by atoms with Crippen molar-refractivity contribution in [2.75, 3.05) is 5.75 Å². The van der Waals surface area contributed by atoms with Gasteiger partial charge in [-0.2, -0.15) is 5.10 Å². The van der Waals surface area contributed by atoms with Crippen LogP contribution in [0.2, 0.25) is 0 Å². The lowest BCUT2D eigenvalue weighted by molar-refractivity contribution is -0.130. The summed E-state index contributed by atoms with van der Waals surface area (Å²) in [4.78, 5) is 23.1. The topological polar surface area (TPSA) is 61.4 Å². The van der Waals surface area contributed by atoms with Gasteiger partial charge in [-0.1, -0.05) is 36.0 Å². The highest BCUT2D eigenvalue weighted by Crippen LogP contribution is 2.36. The first-order valence-electron chi connectivity index (χ1n) is 8.82. The number of hydrazone groups is 1. The summed E-state index contributed by atoms with van der Waals surface area (Å²) < 4.78 is 0. The first-order valence-corrected chi connectivity index (χ1v) is 11.6. The smallest absolute Gasteiger partial charge is 0.253 e. The van der Waals surface area contributed by atoms with Gasteiger partial charge in [-0.15, -0.1) is 22.7 Å². The van der Waals surface area contributed by atoms with Gasteiger partial charge < -0.3 is 4.98 Å². The minimum atomic E-state index is -0.0270. The van der Waals surface area contributed by atoms with Crippen molar-refractivity contribution in [3.05, 3.63) is 69.0 Å². The van der Waals surface area contributed by atoms with E-state index in [-0.39, 0.29) is 11.9 Å². The second-order valence-corrected chi connectivity index (χ2v) is 9.24. The number of carbonyl (C=O) groups is 1. The Kier molecular flexibility index (Phi) is 4.76. The first kappa shape index (κ1) is 17.7. The Labute approximate surface area is 174 Å². The molecule has 0 bridgehead atoms. The summed E-state index contributed by atoms with van der Waals surface area (Å²) in [6.07, 6.45) is 0.752. The van der Waals surface area contributed by atoms with Crippen LogP contribution in [0.5, 0.6) is 0 Å². The van der Waals surface area contributed by atoms with E-state index >= 15 is 0 Å². The monoisotopic (exact) mass is 424 g/mol. The fourth-order valence-corrected chi connectivity index (χ4v) is 5.50. The van der Waals surface area contributed by atoms with E-state index in [0.717, 1.165) is 38.1 Å². The molecule has 4 heterocycles. The molecule has 0 spiro atoms. The molecule has 8 heteroatoms. The van der Waals surface area contributed by atoms with Gasteiger partial charge in [-0.05, 0) is 35.0 Å². The molecule has 28 heavy (non-hydrogen) atoms. The number of benzene rings is 1. The lowest BCUT2D eigenvalue weighted by atomic mass is 10.1. The summed E-state index contributed by atoms with van der Waals surface area (Å²) in [6, 6.07) is 16.0. The Hall–Kier alpha value is -2.42. The van der Waals surface area contributed by atoms with Crippen molar-refractivity contribution in [3.8, 4) is 0 Å². The number of fused-ring (bicyclic) bond motifs is 1. The van der Waals surface area contributed by atoms with Gasteiger partial charge in [0.05, 0.1) is 33.4 Å². The fraction of sp³-hybridized carbons (Fsp3) is 0.150. The molecule has 1 N–H and O–H groups in total. The lowest BCUT2D eigenvalue weighted by Crippen LogP contribution is -2.28. The van der Waals surface area contributed by atoms with Crippen LogP contribution in [0.25, 0.3) is 11.0 Å². The molecule has 1 aliphatic rings. The molecule has 0 aliphatic carbocycles. The number of thioether (sulfide) groups is 1. The predicted octanol–water partition coefficient (Wildman–Crippen LogP) is 5.16. The van der Waals surface area contributed by atoms with Crippen molar-refractivity contribution in [2.24, 2.45) is 5.10 Å². The number of imidazole rings is 1. The molecular weight excluding hydrogens is 408 g/mol. The zero-order chi connectivity index (χ0) is 18.9. The van der Waals surface area contributed by atoms with Crippen LogP contribution in [0.4, 0.5) is 0 Å². The molecule has 0 radical (unpaired) electrons. The maximum absolute atomic E-state index is 13.0. The Bertz CT molecular complexity index is 1100. The average Bonchev–Trinajstić information content (AvgIpc) is 3.50. The van der Waals surface area contributed by atoms with Gasteiger partial charge in [0.1, 0.15) is 0 Å². The molecule has 1 amide bonds. The van der Waals surface area contributed by atoms with Gasteiger partial charge in [0.15, 0.2) is 5.16 Å². The van der Waals surface area contributed by atoms with Crippen molar-refractivity contribution < 1.29 is 4.79 Å². The Morgan fingerprint density at radius 2 is 2.00 bits per heavy atom. The highest BCUT2D eigenvalue weighted by molar-refractivity contribution is 7.99. The number of thiophene rings is 2. The van der Waals surface area contributed by atoms with Crippen LogP contribution >= 0.6 is 34.4 Å². The van der Waals surface area contributed by atoms with E-state index < -0.39 is 0 Å². The standard InChI is InChI=1S/C20H16N4OS3/c25-19(12-28-20-21-13-5-1-2-6-14(13)22-20)24-16(18-8-4-10-27-18)11-15(23-24)17-7-3-9-26-17/h1-10,16H,11-12H2,(H,21,22)/t16-/m1/s1. The summed E-state index contributed by atoms with van der Waals surface area (Å²) >= 11 is 4.75. The third kappa shape index (κ3) is 3.39. The summed E-state index contributed by atoms with van der Waals surface area (Å²) in [5.41, 5.74) is 2.87. The molecule has 1 atom stereocenters. The molecule has 4 aromatic rings. The van der Waals surface area contributed by atoms with Crippen LogP contribution < -0.4 is 0 Å². The van der Waals surface area contributed by atoms with Crippen molar-refractivity contribution in [3.63, 3.8) is 0 Å². The minimum Gasteiger partial charge on any atom is -0.333 e. The van der Waals surface area contributed by atoms with Crippen LogP contribution in [-0.2, 0) is 4.79 Å². The van der Waals surface area contributed by atoms with Gasteiger partial charge in [-0.3, -0.25) is 4.79 Å².